The minimum absolute atomic E-state index is 0.180. The molecule has 0 unspecified atom stereocenters. The summed E-state index contributed by atoms with van der Waals surface area (Å²) >= 11 is 0. The Morgan fingerprint density at radius 3 is 2.64 bits per heavy atom. The lowest BCUT2D eigenvalue weighted by Gasteiger charge is -2.33. The summed E-state index contributed by atoms with van der Waals surface area (Å²) in [6.45, 7) is 14.0. The average Bonchev–Trinajstić information content (AvgIpc) is 2.71. The molecule has 0 bridgehead atoms. The smallest absolute Gasteiger partial charge is 0.246 e. The van der Waals surface area contributed by atoms with Crippen LogP contribution in [0.3, 0.4) is 0 Å². The number of rotatable bonds is 3. The maximum Gasteiger partial charge on any atom is 0.246 e. The second-order valence-electron chi connectivity index (χ2n) is 7.38. The maximum atomic E-state index is 12.5. The molecule has 1 aliphatic heterocycles. The van der Waals surface area contributed by atoms with Gasteiger partial charge in [-0.25, -0.2) is 0 Å². The van der Waals surface area contributed by atoms with Gasteiger partial charge >= 0.3 is 0 Å². The number of nitrogens with zero attached hydrogens (tertiary/aromatic N) is 2. The van der Waals surface area contributed by atoms with Gasteiger partial charge in [-0.15, -0.1) is 0 Å². The van der Waals surface area contributed by atoms with Crippen molar-refractivity contribution in [2.24, 2.45) is 5.41 Å². The molecule has 3 nitrogen and oxygen atoms in total. The first kappa shape index (κ1) is 17.3. The molecule has 22 heavy (non-hydrogen) atoms. The van der Waals surface area contributed by atoms with Gasteiger partial charge in [-0.2, -0.15) is 0 Å². The van der Waals surface area contributed by atoms with Gasteiger partial charge in [0.25, 0.3) is 0 Å². The monoisotopic (exact) mass is 304 g/mol. The van der Waals surface area contributed by atoms with Crippen molar-refractivity contribution >= 4 is 5.91 Å². The van der Waals surface area contributed by atoms with Crippen LogP contribution in [-0.2, 0) is 4.79 Å². The summed E-state index contributed by atoms with van der Waals surface area (Å²) in [5.74, 6) is 0.180. The van der Waals surface area contributed by atoms with Crippen molar-refractivity contribution in [3.63, 3.8) is 0 Å². The highest BCUT2D eigenvalue weighted by atomic mass is 16.2. The maximum absolute atomic E-state index is 12.5. The first-order valence-corrected chi connectivity index (χ1v) is 8.83. The van der Waals surface area contributed by atoms with Crippen molar-refractivity contribution in [3.8, 4) is 0 Å². The molecule has 0 N–H and O–H groups in total. The lowest BCUT2D eigenvalue weighted by molar-refractivity contribution is -0.125. The van der Waals surface area contributed by atoms with Crippen molar-refractivity contribution in [3.05, 3.63) is 23.3 Å². The second-order valence-corrected chi connectivity index (χ2v) is 7.38. The number of carbonyl (C=O) groups excluding carboxylic acids is 1. The highest BCUT2D eigenvalue weighted by Gasteiger charge is 2.27. The van der Waals surface area contributed by atoms with Gasteiger partial charge in [0.2, 0.25) is 5.91 Å². The molecule has 2 aliphatic rings. The van der Waals surface area contributed by atoms with Crippen LogP contribution in [0, 0.1) is 5.41 Å². The summed E-state index contributed by atoms with van der Waals surface area (Å²) < 4.78 is 0. The molecular formula is C19H32N2O. The molecule has 1 fully saturated rings. The van der Waals surface area contributed by atoms with Gasteiger partial charge in [0, 0.05) is 25.7 Å². The molecule has 0 aromatic heterocycles. The number of hydrogen-bond acceptors (Lipinski definition) is 2. The Morgan fingerprint density at radius 1 is 1.18 bits per heavy atom. The summed E-state index contributed by atoms with van der Waals surface area (Å²) in [4.78, 5) is 16.9. The summed E-state index contributed by atoms with van der Waals surface area (Å²) in [6.07, 6.45) is 8.65. The molecule has 3 heteroatoms. The van der Waals surface area contributed by atoms with Gasteiger partial charge in [-0.1, -0.05) is 32.4 Å². The molecule has 1 amide bonds. The minimum Gasteiger partial charge on any atom is -0.338 e. The second kappa shape index (κ2) is 7.45. The Morgan fingerprint density at radius 2 is 1.95 bits per heavy atom. The number of hydrogen-bond donors (Lipinski definition) is 0. The van der Waals surface area contributed by atoms with E-state index in [4.69, 9.17) is 0 Å². The molecule has 0 radical (unpaired) electrons. The van der Waals surface area contributed by atoms with Crippen LogP contribution in [0.1, 0.15) is 53.4 Å². The van der Waals surface area contributed by atoms with E-state index in [9.17, 15) is 4.79 Å². The van der Waals surface area contributed by atoms with Crippen LogP contribution >= 0.6 is 0 Å². The van der Waals surface area contributed by atoms with Crippen LogP contribution in [0.15, 0.2) is 23.3 Å². The highest BCUT2D eigenvalue weighted by Crippen LogP contribution is 2.40. The van der Waals surface area contributed by atoms with Crippen LogP contribution in [-0.4, -0.2) is 48.4 Å². The zero-order valence-corrected chi connectivity index (χ0v) is 14.8. The van der Waals surface area contributed by atoms with E-state index in [1.165, 1.54) is 30.4 Å². The van der Waals surface area contributed by atoms with Gasteiger partial charge in [0.05, 0.1) is 0 Å². The molecule has 0 atom stereocenters. The first-order valence-electron chi connectivity index (χ1n) is 8.83. The Bertz CT molecular complexity index is 462. The quantitative estimate of drug-likeness (QED) is 0.743. The van der Waals surface area contributed by atoms with E-state index in [0.717, 1.165) is 39.1 Å². The van der Waals surface area contributed by atoms with E-state index in [-0.39, 0.29) is 11.3 Å². The van der Waals surface area contributed by atoms with Gasteiger partial charge in [-0.3, -0.25) is 4.79 Å². The summed E-state index contributed by atoms with van der Waals surface area (Å²) in [5, 5.41) is 0. The summed E-state index contributed by atoms with van der Waals surface area (Å²) in [7, 11) is 0. The van der Waals surface area contributed by atoms with E-state index in [2.05, 4.69) is 38.7 Å². The Labute approximate surface area is 136 Å². The van der Waals surface area contributed by atoms with Crippen LogP contribution in [0.2, 0.25) is 0 Å². The largest absolute Gasteiger partial charge is 0.338 e. The molecule has 2 rings (SSSR count). The van der Waals surface area contributed by atoms with Crippen molar-refractivity contribution in [1.82, 2.24) is 9.80 Å². The predicted octanol–water partition coefficient (Wildman–Crippen LogP) is 3.62. The molecule has 124 valence electrons. The first-order chi connectivity index (χ1) is 10.4. The van der Waals surface area contributed by atoms with Crippen LogP contribution in [0.5, 0.6) is 0 Å². The zero-order chi connectivity index (χ0) is 16.2. The minimum atomic E-state index is 0.180. The lowest BCUT2D eigenvalue weighted by Crippen LogP contribution is -2.34. The third-order valence-corrected chi connectivity index (χ3v) is 5.28. The number of likely N-dealkylation sites (N-methyl/N-ethyl adjacent to an activating group) is 1. The summed E-state index contributed by atoms with van der Waals surface area (Å²) in [5.41, 5.74) is 3.03. The number of carbonyl (C=O) groups is 1. The molecule has 1 heterocycles. The predicted molar refractivity (Wildman–Crippen MR) is 92.8 cm³/mol. The molecule has 0 saturated carbocycles. The molecule has 0 aromatic rings. The normalized spacial score (nSPS) is 23.9. The fourth-order valence-electron chi connectivity index (χ4n) is 3.78. The van der Waals surface area contributed by atoms with Crippen molar-refractivity contribution in [2.45, 2.75) is 53.4 Å². The number of amides is 1. The zero-order valence-electron chi connectivity index (χ0n) is 14.8. The summed E-state index contributed by atoms with van der Waals surface area (Å²) in [6, 6.07) is 0. The van der Waals surface area contributed by atoms with Gasteiger partial charge in [0.1, 0.15) is 0 Å². The van der Waals surface area contributed by atoms with Crippen LogP contribution in [0.25, 0.3) is 0 Å². The Balaban J connectivity index is 2.02. The fourth-order valence-corrected chi connectivity index (χ4v) is 3.78. The van der Waals surface area contributed by atoms with E-state index in [1.54, 1.807) is 0 Å². The molecular weight excluding hydrogens is 272 g/mol. The van der Waals surface area contributed by atoms with E-state index >= 15 is 0 Å². The van der Waals surface area contributed by atoms with E-state index in [1.807, 2.05) is 11.0 Å². The fraction of sp³-hybridized carbons (Fsp3) is 0.737. The average molecular weight is 304 g/mol. The Hall–Kier alpha value is -1.09. The highest BCUT2D eigenvalue weighted by molar-refractivity contribution is 5.88. The molecule has 1 saturated heterocycles. The van der Waals surface area contributed by atoms with Gasteiger partial charge in [0.15, 0.2) is 0 Å². The molecule has 1 aliphatic carbocycles. The Kier molecular flexibility index (Phi) is 5.85. The topological polar surface area (TPSA) is 23.6 Å². The van der Waals surface area contributed by atoms with E-state index < -0.39 is 0 Å². The van der Waals surface area contributed by atoms with Crippen LogP contribution < -0.4 is 0 Å². The van der Waals surface area contributed by atoms with Crippen molar-refractivity contribution in [1.29, 1.82) is 0 Å². The van der Waals surface area contributed by atoms with Crippen molar-refractivity contribution < 1.29 is 4.79 Å². The SMILES string of the molecule is CCN1CCCN(C(=O)/C=C/C2=C(C)CCCC2(C)C)CC1. The van der Waals surface area contributed by atoms with E-state index in [0.29, 0.717) is 0 Å². The molecule has 0 spiro atoms. The lowest BCUT2D eigenvalue weighted by atomic mass is 9.72. The number of allylic oxidation sites excluding steroid dienone is 3. The van der Waals surface area contributed by atoms with Gasteiger partial charge in [-0.05, 0) is 56.7 Å². The van der Waals surface area contributed by atoms with Gasteiger partial charge < -0.3 is 9.80 Å². The molecule has 0 aromatic carbocycles. The van der Waals surface area contributed by atoms with Crippen molar-refractivity contribution in [2.75, 3.05) is 32.7 Å². The third kappa shape index (κ3) is 4.22. The third-order valence-electron chi connectivity index (χ3n) is 5.28. The van der Waals surface area contributed by atoms with Crippen LogP contribution in [0.4, 0.5) is 0 Å². The standard InChI is InChI=1S/C19H32N2O/c1-5-20-12-7-13-21(15-14-20)18(22)10-9-17-16(2)8-6-11-19(17,3)4/h9-10H,5-8,11-15H2,1-4H3/b10-9+.